The van der Waals surface area contributed by atoms with Crippen LogP contribution in [0, 0.1) is 40.5 Å². The Bertz CT molecular complexity index is 804. The number of carbonyl (C=O) groups excluding carboxylic acids is 1. The third-order valence-electron chi connectivity index (χ3n) is 4.72. The number of hydrogen-bond acceptors (Lipinski definition) is 3. The summed E-state index contributed by atoms with van der Waals surface area (Å²) < 4.78 is 96.4. The SMILES string of the molecule is CC1(C)[C@H](C=C(Br)C(F)(F)F)[C@H]1C(=O)OCc1c(F)c(F)c(CO)c(F)c1F. The molecule has 2 atom stereocenters. The molecule has 3 nitrogen and oxygen atoms in total. The average molecular weight is 479 g/mol. The summed E-state index contributed by atoms with van der Waals surface area (Å²) >= 11 is 2.37. The summed E-state index contributed by atoms with van der Waals surface area (Å²) in [4.78, 5) is 12.1. The van der Waals surface area contributed by atoms with E-state index in [0.717, 1.165) is 6.08 Å². The van der Waals surface area contributed by atoms with Gasteiger partial charge in [0.15, 0.2) is 23.3 Å². The Labute approximate surface area is 163 Å². The highest BCUT2D eigenvalue weighted by Crippen LogP contribution is 2.60. The first-order valence-corrected chi connectivity index (χ1v) is 8.60. The van der Waals surface area contributed by atoms with E-state index >= 15 is 0 Å². The minimum atomic E-state index is -4.65. The quantitative estimate of drug-likeness (QED) is 0.372. The zero-order valence-corrected chi connectivity index (χ0v) is 16.0. The van der Waals surface area contributed by atoms with Crippen LogP contribution < -0.4 is 0 Å². The number of benzene rings is 1. The minimum absolute atomic E-state index is 0.794. The maximum Gasteiger partial charge on any atom is 0.422 e. The van der Waals surface area contributed by atoms with E-state index in [-0.39, 0.29) is 0 Å². The van der Waals surface area contributed by atoms with Crippen LogP contribution in [0.1, 0.15) is 25.0 Å². The second kappa shape index (κ2) is 7.66. The van der Waals surface area contributed by atoms with Gasteiger partial charge in [0.25, 0.3) is 0 Å². The van der Waals surface area contributed by atoms with E-state index in [9.17, 15) is 35.5 Å². The molecule has 0 aromatic heterocycles. The van der Waals surface area contributed by atoms with E-state index in [1.165, 1.54) is 13.8 Å². The van der Waals surface area contributed by atoms with Gasteiger partial charge in [-0.25, -0.2) is 17.6 Å². The van der Waals surface area contributed by atoms with E-state index < -0.39 is 81.5 Å². The van der Waals surface area contributed by atoms with Crippen molar-refractivity contribution in [2.75, 3.05) is 0 Å². The molecule has 0 heterocycles. The summed E-state index contributed by atoms with van der Waals surface area (Å²) in [6.07, 6.45) is -3.86. The zero-order chi connectivity index (χ0) is 21.6. The smallest absolute Gasteiger partial charge is 0.422 e. The van der Waals surface area contributed by atoms with Crippen LogP contribution in [0.5, 0.6) is 0 Å². The molecule has 0 aliphatic heterocycles. The number of aliphatic hydroxyl groups excluding tert-OH is 1. The lowest BCUT2D eigenvalue weighted by Crippen LogP contribution is -2.15. The van der Waals surface area contributed by atoms with Crippen LogP contribution in [-0.2, 0) is 22.7 Å². The first-order valence-electron chi connectivity index (χ1n) is 7.80. The summed E-state index contributed by atoms with van der Waals surface area (Å²) in [6, 6.07) is 0. The monoisotopic (exact) mass is 478 g/mol. The van der Waals surface area contributed by atoms with Crippen LogP contribution in [-0.4, -0.2) is 17.3 Å². The number of allylic oxidation sites excluding steroid dienone is 2. The van der Waals surface area contributed by atoms with Crippen molar-refractivity contribution >= 4 is 21.9 Å². The molecule has 28 heavy (non-hydrogen) atoms. The lowest BCUT2D eigenvalue weighted by molar-refractivity contribution is -0.147. The molecule has 0 unspecified atom stereocenters. The van der Waals surface area contributed by atoms with E-state index in [1.54, 1.807) is 0 Å². The van der Waals surface area contributed by atoms with Gasteiger partial charge >= 0.3 is 12.1 Å². The molecule has 1 N–H and O–H groups in total. The lowest BCUT2D eigenvalue weighted by Gasteiger charge is -2.11. The number of aliphatic hydroxyl groups is 1. The molecular formula is C17H14BrF7O3. The molecule has 0 amide bonds. The first kappa shape index (κ1) is 22.7. The van der Waals surface area contributed by atoms with Crippen LogP contribution >= 0.6 is 15.9 Å². The normalized spacial score (nSPS) is 21.6. The summed E-state index contributed by atoms with van der Waals surface area (Å²) in [5, 5.41) is 8.77. The fraction of sp³-hybridized carbons (Fsp3) is 0.471. The molecule has 1 aliphatic rings. The predicted octanol–water partition coefficient (Wildman–Crippen LogP) is 4.89. The van der Waals surface area contributed by atoms with Gasteiger partial charge in [-0.05, 0) is 27.3 Å². The highest BCUT2D eigenvalue weighted by molar-refractivity contribution is 9.11. The molecule has 1 saturated carbocycles. The molecular weight excluding hydrogens is 465 g/mol. The van der Waals surface area contributed by atoms with Crippen LogP contribution in [0.2, 0.25) is 0 Å². The van der Waals surface area contributed by atoms with Gasteiger partial charge in [0.1, 0.15) is 6.61 Å². The molecule has 156 valence electrons. The van der Waals surface area contributed by atoms with E-state index in [2.05, 4.69) is 20.7 Å². The van der Waals surface area contributed by atoms with Gasteiger partial charge in [-0.15, -0.1) is 0 Å². The average Bonchev–Trinajstić information content (AvgIpc) is 3.13. The first-order chi connectivity index (χ1) is 12.7. The lowest BCUT2D eigenvalue weighted by atomic mass is 10.1. The van der Waals surface area contributed by atoms with E-state index in [0.29, 0.717) is 0 Å². The van der Waals surface area contributed by atoms with Gasteiger partial charge in [-0.1, -0.05) is 19.9 Å². The van der Waals surface area contributed by atoms with Gasteiger partial charge in [0.2, 0.25) is 0 Å². The molecule has 1 aliphatic carbocycles. The van der Waals surface area contributed by atoms with Crippen molar-refractivity contribution in [2.24, 2.45) is 17.3 Å². The van der Waals surface area contributed by atoms with Gasteiger partial charge < -0.3 is 9.84 Å². The van der Waals surface area contributed by atoms with Crippen molar-refractivity contribution < 1.29 is 45.4 Å². The van der Waals surface area contributed by atoms with Gasteiger partial charge in [-0.3, -0.25) is 4.79 Å². The predicted molar refractivity (Wildman–Crippen MR) is 85.8 cm³/mol. The van der Waals surface area contributed by atoms with Gasteiger partial charge in [0, 0.05) is 0 Å². The van der Waals surface area contributed by atoms with Gasteiger partial charge in [-0.2, -0.15) is 13.2 Å². The van der Waals surface area contributed by atoms with E-state index in [4.69, 9.17) is 5.11 Å². The molecule has 1 fully saturated rings. The van der Waals surface area contributed by atoms with Crippen LogP contribution in [0.4, 0.5) is 30.7 Å². The maximum absolute atomic E-state index is 13.9. The minimum Gasteiger partial charge on any atom is -0.460 e. The fourth-order valence-electron chi connectivity index (χ4n) is 2.91. The van der Waals surface area contributed by atoms with Crippen LogP contribution in [0.25, 0.3) is 0 Å². The number of hydrogen-bond donors (Lipinski definition) is 1. The van der Waals surface area contributed by atoms with Crippen molar-refractivity contribution in [3.63, 3.8) is 0 Å². The Morgan fingerprint density at radius 3 is 2.00 bits per heavy atom. The molecule has 2 rings (SSSR count). The number of ether oxygens (including phenoxy) is 1. The highest BCUT2D eigenvalue weighted by Gasteiger charge is 2.62. The number of rotatable bonds is 5. The Kier molecular flexibility index (Phi) is 6.20. The van der Waals surface area contributed by atoms with Gasteiger partial charge in [0.05, 0.1) is 28.1 Å². The number of alkyl halides is 3. The Morgan fingerprint density at radius 2 is 1.57 bits per heavy atom. The highest BCUT2D eigenvalue weighted by atomic mass is 79.9. The summed E-state index contributed by atoms with van der Waals surface area (Å²) in [5.41, 5.74) is -3.34. The largest absolute Gasteiger partial charge is 0.460 e. The molecule has 0 bridgehead atoms. The van der Waals surface area contributed by atoms with Crippen molar-refractivity contribution in [2.45, 2.75) is 33.2 Å². The van der Waals surface area contributed by atoms with Crippen molar-refractivity contribution in [1.29, 1.82) is 0 Å². The van der Waals surface area contributed by atoms with Crippen molar-refractivity contribution in [1.82, 2.24) is 0 Å². The number of carbonyl (C=O) groups is 1. The second-order valence-electron chi connectivity index (χ2n) is 6.82. The topological polar surface area (TPSA) is 46.5 Å². The number of halogens is 8. The molecule has 0 radical (unpaired) electrons. The Hall–Kier alpha value is -1.62. The molecule has 1 aromatic rings. The summed E-state index contributed by atoms with van der Waals surface area (Å²) in [7, 11) is 0. The number of esters is 1. The summed E-state index contributed by atoms with van der Waals surface area (Å²) in [5.74, 6) is -10.3. The molecule has 11 heteroatoms. The van der Waals surface area contributed by atoms with E-state index in [1.807, 2.05) is 0 Å². The zero-order valence-electron chi connectivity index (χ0n) is 14.4. The molecule has 0 spiro atoms. The third kappa shape index (κ3) is 4.05. The maximum atomic E-state index is 13.9. The third-order valence-corrected chi connectivity index (χ3v) is 5.44. The van der Waals surface area contributed by atoms with Crippen LogP contribution in [0.3, 0.4) is 0 Å². The van der Waals surface area contributed by atoms with Crippen molar-refractivity contribution in [3.8, 4) is 0 Å². The van der Waals surface area contributed by atoms with Crippen molar-refractivity contribution in [3.05, 3.63) is 45.0 Å². The Balaban J connectivity index is 2.18. The summed E-state index contributed by atoms with van der Waals surface area (Å²) in [6.45, 7) is 0.532. The van der Waals surface area contributed by atoms with Crippen LogP contribution in [0.15, 0.2) is 10.6 Å². The molecule has 0 saturated heterocycles. The standard InChI is InChI=1S/C17H14BrF7O3/c1-16(2)8(3-9(18)17(23,24)25)10(16)15(27)28-5-7-13(21)11(19)6(4-26)12(20)14(7)22/h3,8,10,26H,4-5H2,1-2H3/t8-,10+/m1/s1. The Morgan fingerprint density at radius 1 is 1.11 bits per heavy atom. The fourth-order valence-corrected chi connectivity index (χ4v) is 3.20. The molecule has 1 aromatic carbocycles. The second-order valence-corrected chi connectivity index (χ2v) is 7.67.